The van der Waals surface area contributed by atoms with E-state index in [-0.39, 0.29) is 11.6 Å². The molecule has 0 aliphatic carbocycles. The number of aromatic nitrogens is 4. The molecular weight excluding hydrogens is 423 g/mol. The number of hydrogen-bond donors (Lipinski definition) is 1. The minimum Gasteiger partial charge on any atom is -0.378 e. The van der Waals surface area contributed by atoms with Gasteiger partial charge in [0.05, 0.1) is 19.4 Å². The Bertz CT molecular complexity index is 1230. The summed E-state index contributed by atoms with van der Waals surface area (Å²) in [5.74, 6) is 0.628. The molecule has 1 amide bonds. The molecule has 4 heterocycles. The molecule has 1 N–H and O–H groups in total. The number of rotatable bonds is 6. The van der Waals surface area contributed by atoms with Crippen molar-refractivity contribution in [1.82, 2.24) is 24.6 Å². The summed E-state index contributed by atoms with van der Waals surface area (Å²) in [4.78, 5) is 19.8. The predicted octanol–water partition coefficient (Wildman–Crippen LogP) is 2.96. The fourth-order valence-electron chi connectivity index (χ4n) is 3.80. The molecule has 33 heavy (non-hydrogen) atoms. The first-order chi connectivity index (χ1) is 16.2. The predicted molar refractivity (Wildman–Crippen MR) is 121 cm³/mol. The maximum Gasteiger partial charge on any atom is 0.256 e. The van der Waals surface area contributed by atoms with Gasteiger partial charge >= 0.3 is 0 Å². The quantitative estimate of drug-likeness (QED) is 0.493. The standard InChI is InChI=1S/C24H23FN6O2/c25-20-5-1-2-6-21(20)31-24(30-9-3-4-10-30)19(17-28-31)23(32)27-16-18-7-8-22(26-15-18)29-11-13-33-14-12-29/h1-10,15,17H,11-14,16H2,(H,27,32). The molecule has 0 saturated carbocycles. The molecule has 1 saturated heterocycles. The van der Waals surface area contributed by atoms with Crippen LogP contribution in [0.15, 0.2) is 73.3 Å². The van der Waals surface area contributed by atoms with Gasteiger partial charge in [-0.25, -0.2) is 14.1 Å². The number of carbonyl (C=O) groups is 1. The Hall–Kier alpha value is -3.98. The van der Waals surface area contributed by atoms with E-state index in [4.69, 9.17) is 4.74 Å². The zero-order valence-corrected chi connectivity index (χ0v) is 17.9. The maximum absolute atomic E-state index is 14.5. The highest BCUT2D eigenvalue weighted by atomic mass is 19.1. The fourth-order valence-corrected chi connectivity index (χ4v) is 3.80. The van der Waals surface area contributed by atoms with E-state index in [9.17, 15) is 9.18 Å². The number of ether oxygens (including phenoxy) is 1. The first-order valence-corrected chi connectivity index (χ1v) is 10.7. The Morgan fingerprint density at radius 3 is 2.55 bits per heavy atom. The highest BCUT2D eigenvalue weighted by Gasteiger charge is 2.21. The average molecular weight is 446 g/mol. The molecule has 0 atom stereocenters. The van der Waals surface area contributed by atoms with E-state index >= 15 is 0 Å². The SMILES string of the molecule is O=C(NCc1ccc(N2CCOCC2)nc1)c1cnn(-c2ccccc2F)c1-n1cccc1. The molecule has 4 aromatic rings. The summed E-state index contributed by atoms with van der Waals surface area (Å²) < 4.78 is 23.0. The third-order valence-corrected chi connectivity index (χ3v) is 5.52. The minimum absolute atomic E-state index is 0.267. The van der Waals surface area contributed by atoms with E-state index in [0.29, 0.717) is 31.1 Å². The number of benzene rings is 1. The van der Waals surface area contributed by atoms with Crippen LogP contribution >= 0.6 is 0 Å². The van der Waals surface area contributed by atoms with E-state index in [1.807, 2.05) is 24.3 Å². The number of para-hydroxylation sites is 1. The molecule has 9 heteroatoms. The molecule has 1 aliphatic heterocycles. The molecule has 5 rings (SSSR count). The van der Waals surface area contributed by atoms with Gasteiger partial charge in [0.2, 0.25) is 0 Å². The topological polar surface area (TPSA) is 77.2 Å². The molecule has 1 fully saturated rings. The van der Waals surface area contributed by atoms with Gasteiger partial charge in [-0.2, -0.15) is 5.10 Å². The Morgan fingerprint density at radius 1 is 1.03 bits per heavy atom. The van der Waals surface area contributed by atoms with E-state index in [2.05, 4.69) is 20.3 Å². The Labute approximate surface area is 190 Å². The summed E-state index contributed by atoms with van der Waals surface area (Å²) >= 11 is 0. The van der Waals surface area contributed by atoms with Crippen molar-refractivity contribution in [1.29, 1.82) is 0 Å². The summed E-state index contributed by atoms with van der Waals surface area (Å²) in [6.07, 6.45) is 6.80. The molecule has 0 bridgehead atoms. The van der Waals surface area contributed by atoms with Crippen LogP contribution < -0.4 is 10.2 Å². The molecule has 0 radical (unpaired) electrons. The normalized spacial score (nSPS) is 13.8. The van der Waals surface area contributed by atoms with Gasteiger partial charge in [0, 0.05) is 38.2 Å². The second-order valence-electron chi connectivity index (χ2n) is 7.64. The highest BCUT2D eigenvalue weighted by molar-refractivity contribution is 5.97. The number of pyridine rings is 1. The number of halogens is 1. The van der Waals surface area contributed by atoms with Gasteiger partial charge in [-0.3, -0.25) is 4.79 Å². The molecule has 0 spiro atoms. The molecule has 8 nitrogen and oxygen atoms in total. The van der Waals surface area contributed by atoms with E-state index in [0.717, 1.165) is 24.5 Å². The third-order valence-electron chi connectivity index (χ3n) is 5.52. The molecule has 168 valence electrons. The van der Waals surface area contributed by atoms with E-state index < -0.39 is 5.82 Å². The number of anilines is 1. The Kier molecular flexibility index (Phi) is 5.86. The summed E-state index contributed by atoms with van der Waals surface area (Å²) in [6, 6.07) is 13.9. The molecule has 1 aromatic carbocycles. The summed E-state index contributed by atoms with van der Waals surface area (Å²) in [5.41, 5.74) is 1.49. The average Bonchev–Trinajstić information content (AvgIpc) is 3.54. The molecule has 1 aliphatic rings. The zero-order valence-electron chi connectivity index (χ0n) is 17.9. The first-order valence-electron chi connectivity index (χ1n) is 10.7. The summed E-state index contributed by atoms with van der Waals surface area (Å²) in [6.45, 7) is 3.34. The third kappa shape index (κ3) is 4.35. The maximum atomic E-state index is 14.5. The van der Waals surface area contributed by atoms with E-state index in [1.54, 1.807) is 41.4 Å². The van der Waals surface area contributed by atoms with Crippen molar-refractivity contribution in [3.8, 4) is 11.5 Å². The van der Waals surface area contributed by atoms with E-state index in [1.165, 1.54) is 16.9 Å². The lowest BCUT2D eigenvalue weighted by atomic mass is 10.2. The summed E-state index contributed by atoms with van der Waals surface area (Å²) in [5, 5.41) is 7.23. The van der Waals surface area contributed by atoms with Crippen LogP contribution in [0, 0.1) is 5.82 Å². The monoisotopic (exact) mass is 446 g/mol. The Morgan fingerprint density at radius 2 is 1.82 bits per heavy atom. The second-order valence-corrected chi connectivity index (χ2v) is 7.64. The van der Waals surface area contributed by atoms with Crippen LogP contribution in [-0.2, 0) is 11.3 Å². The largest absolute Gasteiger partial charge is 0.378 e. The number of carbonyl (C=O) groups excluding carboxylic acids is 1. The minimum atomic E-state index is -0.424. The van der Waals surface area contributed by atoms with Gasteiger partial charge in [0.1, 0.15) is 22.9 Å². The van der Waals surface area contributed by atoms with Crippen LogP contribution in [0.25, 0.3) is 11.5 Å². The fraction of sp³-hybridized carbons (Fsp3) is 0.208. The zero-order chi connectivity index (χ0) is 22.6. The number of nitrogens with zero attached hydrogens (tertiary/aromatic N) is 5. The van der Waals surface area contributed by atoms with Gasteiger partial charge in [0.25, 0.3) is 5.91 Å². The van der Waals surface area contributed by atoms with Crippen LogP contribution in [-0.4, -0.2) is 51.5 Å². The van der Waals surface area contributed by atoms with Crippen molar-refractivity contribution in [3.63, 3.8) is 0 Å². The van der Waals surface area contributed by atoms with Crippen LogP contribution in [0.3, 0.4) is 0 Å². The first kappa shape index (κ1) is 20.9. The van der Waals surface area contributed by atoms with Crippen LogP contribution in [0.2, 0.25) is 0 Å². The second kappa shape index (κ2) is 9.25. The lowest BCUT2D eigenvalue weighted by Crippen LogP contribution is -2.36. The molecular formula is C24H23FN6O2. The summed E-state index contributed by atoms with van der Waals surface area (Å²) in [7, 11) is 0. The van der Waals surface area contributed by atoms with Gasteiger partial charge in [0.15, 0.2) is 5.82 Å². The smallest absolute Gasteiger partial charge is 0.256 e. The van der Waals surface area contributed by atoms with Crippen molar-refractivity contribution >= 4 is 11.7 Å². The number of amides is 1. The number of nitrogens with one attached hydrogen (secondary N) is 1. The van der Waals surface area contributed by atoms with Gasteiger partial charge in [-0.15, -0.1) is 0 Å². The van der Waals surface area contributed by atoms with Crippen molar-refractivity contribution in [3.05, 3.63) is 90.3 Å². The van der Waals surface area contributed by atoms with Crippen molar-refractivity contribution in [2.45, 2.75) is 6.54 Å². The van der Waals surface area contributed by atoms with Crippen molar-refractivity contribution in [2.24, 2.45) is 0 Å². The number of morpholine rings is 1. The number of hydrogen-bond acceptors (Lipinski definition) is 5. The lowest BCUT2D eigenvalue weighted by Gasteiger charge is -2.27. The Balaban J connectivity index is 1.35. The molecule has 3 aromatic heterocycles. The van der Waals surface area contributed by atoms with Crippen molar-refractivity contribution in [2.75, 3.05) is 31.2 Å². The van der Waals surface area contributed by atoms with Crippen LogP contribution in [0.4, 0.5) is 10.2 Å². The molecule has 0 unspecified atom stereocenters. The lowest BCUT2D eigenvalue weighted by molar-refractivity contribution is 0.0951. The van der Waals surface area contributed by atoms with Gasteiger partial charge in [-0.05, 0) is 35.9 Å². The van der Waals surface area contributed by atoms with Crippen LogP contribution in [0.5, 0.6) is 0 Å². The van der Waals surface area contributed by atoms with Crippen molar-refractivity contribution < 1.29 is 13.9 Å². The van der Waals surface area contributed by atoms with Gasteiger partial charge < -0.3 is 19.5 Å². The van der Waals surface area contributed by atoms with Gasteiger partial charge in [-0.1, -0.05) is 18.2 Å². The van der Waals surface area contributed by atoms with Crippen LogP contribution in [0.1, 0.15) is 15.9 Å². The highest BCUT2D eigenvalue weighted by Crippen LogP contribution is 2.22.